The summed E-state index contributed by atoms with van der Waals surface area (Å²) < 4.78 is 31.2. The molecule has 17 heavy (non-hydrogen) atoms. The summed E-state index contributed by atoms with van der Waals surface area (Å²) in [5.41, 5.74) is 0. The third-order valence-corrected chi connectivity index (χ3v) is 4.39. The van der Waals surface area contributed by atoms with Crippen LogP contribution >= 0.6 is 0 Å². The van der Waals surface area contributed by atoms with Crippen LogP contribution in [0.4, 0.5) is 0 Å². The molecule has 2 N–H and O–H groups in total. The quantitative estimate of drug-likeness (QED) is 0.833. The van der Waals surface area contributed by atoms with E-state index < -0.39 is 10.0 Å². The van der Waals surface area contributed by atoms with Gasteiger partial charge in [-0.1, -0.05) is 12.8 Å². The Morgan fingerprint density at radius 3 is 2.65 bits per heavy atom. The molecule has 5 nitrogen and oxygen atoms in total. The molecule has 1 aromatic rings. The van der Waals surface area contributed by atoms with Gasteiger partial charge >= 0.3 is 0 Å². The molecule has 96 valence electrons. The third-order valence-electron chi connectivity index (χ3n) is 3.09. The number of aliphatic hydroxyl groups is 1. The van der Waals surface area contributed by atoms with Crippen LogP contribution in [0.15, 0.2) is 21.6 Å². The maximum Gasteiger partial charge on any atom is 0.273 e. The Hall–Kier alpha value is -0.850. The summed E-state index contributed by atoms with van der Waals surface area (Å²) in [6.07, 6.45) is 4.54. The zero-order chi connectivity index (χ0) is 12.3. The minimum atomic E-state index is -3.56. The van der Waals surface area contributed by atoms with Crippen LogP contribution in [0, 0.1) is 5.92 Å². The highest BCUT2D eigenvalue weighted by atomic mass is 32.2. The van der Waals surface area contributed by atoms with Crippen LogP contribution in [0.1, 0.15) is 31.4 Å². The fourth-order valence-corrected chi connectivity index (χ4v) is 3.16. The number of sulfonamides is 1. The fraction of sp³-hybridized carbons (Fsp3) is 0.636. The van der Waals surface area contributed by atoms with Crippen LogP contribution in [0.25, 0.3) is 0 Å². The Morgan fingerprint density at radius 1 is 1.35 bits per heavy atom. The zero-order valence-corrected chi connectivity index (χ0v) is 10.4. The zero-order valence-electron chi connectivity index (χ0n) is 9.55. The van der Waals surface area contributed by atoms with Gasteiger partial charge in [-0.3, -0.25) is 0 Å². The SMILES string of the molecule is O=S(=O)(NCC1CCCC1)c1ccc(CO)o1. The lowest BCUT2D eigenvalue weighted by atomic mass is 10.1. The third kappa shape index (κ3) is 3.08. The predicted molar refractivity (Wildman–Crippen MR) is 61.8 cm³/mol. The van der Waals surface area contributed by atoms with Gasteiger partial charge in [0.1, 0.15) is 12.4 Å². The molecule has 0 amide bonds. The van der Waals surface area contributed by atoms with Gasteiger partial charge in [0.25, 0.3) is 10.0 Å². The highest BCUT2D eigenvalue weighted by Crippen LogP contribution is 2.24. The van der Waals surface area contributed by atoms with Crippen molar-refractivity contribution in [2.75, 3.05) is 6.54 Å². The van der Waals surface area contributed by atoms with E-state index in [1.165, 1.54) is 25.0 Å². The normalized spacial score (nSPS) is 17.7. The van der Waals surface area contributed by atoms with Gasteiger partial charge in [-0.2, -0.15) is 0 Å². The van der Waals surface area contributed by atoms with Crippen LogP contribution in [-0.2, 0) is 16.6 Å². The lowest BCUT2D eigenvalue weighted by Gasteiger charge is -2.09. The summed E-state index contributed by atoms with van der Waals surface area (Å²) in [6.45, 7) is 0.176. The molecule has 1 fully saturated rings. The number of hydrogen-bond donors (Lipinski definition) is 2. The summed E-state index contributed by atoms with van der Waals surface area (Å²) in [5, 5.41) is 8.68. The monoisotopic (exact) mass is 259 g/mol. The van der Waals surface area contributed by atoms with E-state index in [9.17, 15) is 8.42 Å². The van der Waals surface area contributed by atoms with Crippen LogP contribution in [0.3, 0.4) is 0 Å². The molecule has 0 bridgehead atoms. The summed E-state index contributed by atoms with van der Waals surface area (Å²) in [7, 11) is -3.56. The molecule has 2 rings (SSSR count). The summed E-state index contributed by atoms with van der Waals surface area (Å²) in [5.74, 6) is 0.697. The molecule has 0 atom stereocenters. The summed E-state index contributed by atoms with van der Waals surface area (Å²) in [4.78, 5) is 0. The second kappa shape index (κ2) is 5.20. The van der Waals surface area contributed by atoms with E-state index in [2.05, 4.69) is 4.72 Å². The molecule has 0 radical (unpaired) electrons. The molecule has 0 unspecified atom stereocenters. The van der Waals surface area contributed by atoms with E-state index in [0.29, 0.717) is 12.5 Å². The first-order valence-electron chi connectivity index (χ1n) is 5.81. The van der Waals surface area contributed by atoms with E-state index in [0.717, 1.165) is 12.8 Å². The van der Waals surface area contributed by atoms with Crippen molar-refractivity contribution in [3.8, 4) is 0 Å². The lowest BCUT2D eigenvalue weighted by Crippen LogP contribution is -2.28. The van der Waals surface area contributed by atoms with Crippen LogP contribution in [0.5, 0.6) is 0 Å². The molecule has 0 aromatic carbocycles. The fourth-order valence-electron chi connectivity index (χ4n) is 2.10. The Bertz CT molecular complexity index is 460. The summed E-state index contributed by atoms with van der Waals surface area (Å²) in [6, 6.07) is 2.83. The maximum atomic E-state index is 11.8. The smallest absolute Gasteiger partial charge is 0.273 e. The van der Waals surface area contributed by atoms with E-state index in [4.69, 9.17) is 9.52 Å². The molecular weight excluding hydrogens is 242 g/mol. The van der Waals surface area contributed by atoms with Gasteiger partial charge < -0.3 is 9.52 Å². The van der Waals surface area contributed by atoms with Gasteiger partial charge in [0, 0.05) is 6.54 Å². The molecule has 1 aliphatic rings. The van der Waals surface area contributed by atoms with Crippen molar-refractivity contribution in [2.24, 2.45) is 5.92 Å². The van der Waals surface area contributed by atoms with E-state index in [1.54, 1.807) is 0 Å². The molecule has 6 heteroatoms. The van der Waals surface area contributed by atoms with Gasteiger partial charge in [0.15, 0.2) is 0 Å². The lowest BCUT2D eigenvalue weighted by molar-refractivity contribution is 0.236. The number of aliphatic hydroxyl groups excluding tert-OH is 1. The number of hydrogen-bond acceptors (Lipinski definition) is 4. The van der Waals surface area contributed by atoms with Gasteiger partial charge in [-0.15, -0.1) is 0 Å². The van der Waals surface area contributed by atoms with Crippen molar-refractivity contribution in [1.29, 1.82) is 0 Å². The molecular formula is C11H17NO4S. The first kappa shape index (κ1) is 12.6. The van der Waals surface area contributed by atoms with Gasteiger partial charge in [0.05, 0.1) is 0 Å². The van der Waals surface area contributed by atoms with Crippen molar-refractivity contribution in [1.82, 2.24) is 4.72 Å². The largest absolute Gasteiger partial charge is 0.446 e. The van der Waals surface area contributed by atoms with Gasteiger partial charge in [-0.05, 0) is 30.9 Å². The Balaban J connectivity index is 1.97. The minimum Gasteiger partial charge on any atom is -0.446 e. The molecule has 0 spiro atoms. The molecule has 1 aromatic heterocycles. The van der Waals surface area contributed by atoms with Crippen molar-refractivity contribution in [3.63, 3.8) is 0 Å². The van der Waals surface area contributed by atoms with Gasteiger partial charge in [-0.25, -0.2) is 13.1 Å². The second-order valence-electron chi connectivity index (χ2n) is 4.38. The van der Waals surface area contributed by atoms with Crippen molar-refractivity contribution in [2.45, 2.75) is 37.4 Å². The highest BCUT2D eigenvalue weighted by molar-refractivity contribution is 7.89. The van der Waals surface area contributed by atoms with Crippen molar-refractivity contribution in [3.05, 3.63) is 17.9 Å². The topological polar surface area (TPSA) is 79.5 Å². The number of furan rings is 1. The van der Waals surface area contributed by atoms with Crippen LogP contribution in [-0.4, -0.2) is 20.1 Å². The predicted octanol–water partition coefficient (Wildman–Crippen LogP) is 1.24. The molecule has 0 aliphatic heterocycles. The van der Waals surface area contributed by atoms with Crippen LogP contribution in [0.2, 0.25) is 0 Å². The number of rotatable bonds is 5. The molecule has 1 saturated carbocycles. The second-order valence-corrected chi connectivity index (χ2v) is 6.08. The Morgan fingerprint density at radius 2 is 2.06 bits per heavy atom. The van der Waals surface area contributed by atoms with E-state index in [1.807, 2.05) is 0 Å². The number of nitrogens with one attached hydrogen (secondary N) is 1. The van der Waals surface area contributed by atoms with E-state index in [-0.39, 0.29) is 17.5 Å². The van der Waals surface area contributed by atoms with Crippen LogP contribution < -0.4 is 4.72 Å². The first-order valence-corrected chi connectivity index (χ1v) is 7.29. The molecule has 1 aliphatic carbocycles. The Kier molecular flexibility index (Phi) is 3.86. The highest BCUT2D eigenvalue weighted by Gasteiger charge is 2.22. The minimum absolute atomic E-state index is 0.125. The summed E-state index contributed by atoms with van der Waals surface area (Å²) >= 11 is 0. The maximum absolute atomic E-state index is 11.8. The first-order chi connectivity index (χ1) is 8.12. The van der Waals surface area contributed by atoms with E-state index >= 15 is 0 Å². The van der Waals surface area contributed by atoms with Crippen molar-refractivity contribution < 1.29 is 17.9 Å². The standard InChI is InChI=1S/C11H17NO4S/c13-8-10-5-6-11(16-10)17(14,15)12-7-9-3-1-2-4-9/h5-6,9,12-13H,1-4,7-8H2. The average Bonchev–Trinajstić information content (AvgIpc) is 2.98. The van der Waals surface area contributed by atoms with Gasteiger partial charge in [0.2, 0.25) is 5.09 Å². The van der Waals surface area contributed by atoms with Crippen molar-refractivity contribution >= 4 is 10.0 Å². The Labute approximate surface area is 101 Å². The average molecular weight is 259 g/mol. The molecule has 1 heterocycles. The molecule has 0 saturated heterocycles.